The fourth-order valence-corrected chi connectivity index (χ4v) is 11.1. The van der Waals surface area contributed by atoms with E-state index in [1.54, 1.807) is 152 Å². The number of ether oxygens (including phenoxy) is 4. The van der Waals surface area contributed by atoms with Crippen molar-refractivity contribution in [3.63, 3.8) is 0 Å². The third kappa shape index (κ3) is 31.6. The van der Waals surface area contributed by atoms with Crippen LogP contribution < -0.4 is 23.5 Å². The van der Waals surface area contributed by atoms with Crippen LogP contribution in [0.4, 0.5) is 43.1 Å². The van der Waals surface area contributed by atoms with Crippen molar-refractivity contribution >= 4 is 146 Å². The first-order valence-electron chi connectivity index (χ1n) is 35.6. The SMILES string of the molecule is CCC(F)(F)CO.Cc1ccc2c(c1)c(CC(=O)OCC(F)(F)CCC=S)c(C)n2C(=O)c1ccc(Cl)cc1.Cc1ccc2c(c1)c(CC(=O)OCC(F)(F)CNC(=O)OC(C)(C)C)c(C)n2C(=O)c1ccc(Cl)cc1.Cc1ccc2c(c1)c(CC(=O)OCC(F)(F)C[NH3+])c(C)n2C(=O)c1ccc(Cl)cc1.[2H]C([3H])CC.[CH3-].[Cl-].[F][W][I]. The summed E-state index contributed by atoms with van der Waals surface area (Å²) in [6.07, 6.45) is -1.83. The average molecular weight is 1990 g/mol. The molecular formula is C81H92Cl4F9IN5O12SW-. The average Bonchev–Trinajstić information content (AvgIpc) is 1.62. The van der Waals surface area contributed by atoms with Crippen molar-refractivity contribution in [1.82, 2.24) is 19.0 Å². The summed E-state index contributed by atoms with van der Waals surface area (Å²) < 4.78 is 153. The number of alkyl halides is 8. The number of amides is 1. The third-order valence-corrected chi connectivity index (χ3v) is 17.3. The molecule has 0 spiro atoms. The van der Waals surface area contributed by atoms with Gasteiger partial charge in [0.05, 0.1) is 42.4 Å². The second kappa shape index (κ2) is 47.1. The summed E-state index contributed by atoms with van der Waals surface area (Å²) in [5.41, 5.74) is 11.4. The number of halogens is 14. The van der Waals surface area contributed by atoms with E-state index in [-0.39, 0.29) is 69.7 Å². The van der Waals surface area contributed by atoms with E-state index in [9.17, 15) is 71.8 Å². The summed E-state index contributed by atoms with van der Waals surface area (Å²) in [5, 5.41) is 14.6. The molecule has 1 atom stereocenters. The van der Waals surface area contributed by atoms with Gasteiger partial charge in [-0.15, -0.1) is 0 Å². The van der Waals surface area contributed by atoms with Gasteiger partial charge in [-0.1, -0.05) is 109 Å². The predicted molar refractivity (Wildman–Crippen MR) is 431 cm³/mol. The second-order valence-electron chi connectivity index (χ2n) is 26.4. The van der Waals surface area contributed by atoms with Crippen LogP contribution in [0.3, 0.4) is 0 Å². The molecule has 0 saturated heterocycles. The van der Waals surface area contributed by atoms with E-state index in [2.05, 4.69) is 18.0 Å². The van der Waals surface area contributed by atoms with Gasteiger partial charge >= 0.3 is 67.8 Å². The number of aliphatic hydroxyl groups excluding tert-OH is 1. The predicted octanol–water partition coefficient (Wildman–Crippen LogP) is 16.7. The monoisotopic (exact) mass is 1980 g/mol. The molecule has 114 heavy (non-hydrogen) atoms. The van der Waals surface area contributed by atoms with E-state index in [4.69, 9.17) is 61.6 Å². The number of aryl methyl sites for hydroxylation is 3. The second-order valence-corrected chi connectivity index (χ2v) is 31.2. The Morgan fingerprint density at radius 1 is 0.570 bits per heavy atom. The fourth-order valence-electron chi connectivity index (χ4n) is 10.6. The summed E-state index contributed by atoms with van der Waals surface area (Å²) in [6, 6.07) is 35.9. The summed E-state index contributed by atoms with van der Waals surface area (Å²) in [6.45, 7) is 12.1. The van der Waals surface area contributed by atoms with Crippen molar-refractivity contribution < 1.29 is 132 Å². The fraction of sp³-hybridized carbons (Fsp3) is 0.370. The van der Waals surface area contributed by atoms with Crippen LogP contribution in [0.15, 0.2) is 127 Å². The number of hydrogen-bond donors (Lipinski definition) is 3. The molecule has 624 valence electrons. The van der Waals surface area contributed by atoms with Crippen molar-refractivity contribution in [1.29, 1.82) is 0 Å². The molecule has 3 aromatic heterocycles. The first-order chi connectivity index (χ1) is 53.2. The van der Waals surface area contributed by atoms with Gasteiger partial charge in [-0.2, -0.15) is 8.78 Å². The van der Waals surface area contributed by atoms with Gasteiger partial charge in [0.2, 0.25) is 0 Å². The molecule has 0 aliphatic carbocycles. The Hall–Kier alpha value is -7.41. The van der Waals surface area contributed by atoms with Crippen LogP contribution in [0.25, 0.3) is 32.7 Å². The molecule has 17 nitrogen and oxygen atoms in total. The maximum absolute atomic E-state index is 14.2. The van der Waals surface area contributed by atoms with Crippen molar-refractivity contribution in [2.75, 3.05) is 39.5 Å². The molecule has 0 saturated carbocycles. The van der Waals surface area contributed by atoms with Gasteiger partial charge in [0, 0.05) is 80.6 Å². The molecule has 1 unspecified atom stereocenters. The van der Waals surface area contributed by atoms with E-state index in [0.717, 1.165) is 16.7 Å². The number of aromatic nitrogens is 3. The Balaban J connectivity index is 0.000000538. The molecule has 9 rings (SSSR count). The molecule has 1 amide bonds. The zero-order chi connectivity index (χ0) is 86.0. The molecule has 0 aliphatic rings. The number of carbonyl (C=O) groups excluding carboxylic acids is 7. The molecule has 5 N–H and O–H groups in total. The number of benzene rings is 6. The number of nitrogens with zero attached hydrogens (tertiary/aromatic N) is 3. The minimum atomic E-state index is -3.50. The van der Waals surface area contributed by atoms with E-state index >= 15 is 0 Å². The van der Waals surface area contributed by atoms with Gasteiger partial charge in [0.15, 0.2) is 19.8 Å². The third-order valence-electron chi connectivity index (χ3n) is 16.3. The quantitative estimate of drug-likeness (QED) is 0.0135. The van der Waals surface area contributed by atoms with E-state index in [1.807, 2.05) is 69.4 Å². The maximum atomic E-state index is 14.2. The van der Waals surface area contributed by atoms with Gasteiger partial charge in [0.25, 0.3) is 35.5 Å². The van der Waals surface area contributed by atoms with Crippen LogP contribution in [0.1, 0.15) is 151 Å². The summed E-state index contributed by atoms with van der Waals surface area (Å²) in [7, 11) is 0. The normalized spacial score (nSPS) is 11.7. The number of alkyl carbamates (subject to hydrolysis) is 1. The number of esters is 3. The minimum absolute atomic E-state index is 0. The van der Waals surface area contributed by atoms with Crippen molar-refractivity contribution in [3.8, 4) is 0 Å². The zero-order valence-electron chi connectivity index (χ0n) is 66.6. The van der Waals surface area contributed by atoms with Crippen molar-refractivity contribution in [3.05, 3.63) is 217 Å². The van der Waals surface area contributed by atoms with E-state index in [0.29, 0.717) is 105 Å². The Morgan fingerprint density at radius 3 is 1.12 bits per heavy atom. The Bertz CT molecular complexity index is 4800. The number of quaternary nitrogens is 1. The number of thiocarbonyl (C=S) groups is 1. The van der Waals surface area contributed by atoms with Crippen LogP contribution >= 0.6 is 66.4 Å². The molecular weight excluding hydrogens is 1890 g/mol. The summed E-state index contributed by atoms with van der Waals surface area (Å²) in [5.74, 6) is -16.0. The van der Waals surface area contributed by atoms with Gasteiger partial charge in [-0.25, -0.2) is 31.1 Å². The van der Waals surface area contributed by atoms with E-state index < -0.39 is 122 Å². The number of carbonyl (C=O) groups is 7. The zero-order valence-corrected chi connectivity index (χ0v) is 73.5. The Kier molecular flexibility index (Phi) is 40.9. The topological polar surface area (TPSA) is 231 Å². The van der Waals surface area contributed by atoms with E-state index in [1.165, 1.54) is 26.0 Å². The van der Waals surface area contributed by atoms with Crippen LogP contribution in [0.5, 0.6) is 0 Å². The molecule has 0 radical (unpaired) electrons. The van der Waals surface area contributed by atoms with Gasteiger partial charge < -0.3 is 54.9 Å². The molecule has 3 heterocycles. The standard InChI is InChI=1S/C27H29ClF2N2O5.C24H22ClF2NO3S.C22H21ClF2N2O3.C4H8F2O.C3H8.CH3.ClH.FH.HI.W/c1-16-6-11-22-21(12-16)20(17(2)32(22)24(34)18-7-9-19(28)10-8-18)13-23(33)36-15-27(29,30)14-31-25(35)37-26(3,4)5;1-15-4-9-21-20(12-15)19(13-22(29)31-14-24(26,27)10-3-11-32)16(2)28(21)23(30)17-5-7-18(25)8-6-17;1-13-3-8-19-18(9-13)17(10-20(28)30-12-22(24,25)11-26)14(2)27(19)21(29)15-4-6-16(23)7-5-15;1-2-4(5,6)3-7;1-3-2;;;;;/h6-12H,13-15H2,1-5H3,(H,31,35);4-9,11-12H,3,10,13-14H2,1-2H3;3-9H,10-12,26H2,1-2H3;7H,2-3H2,1H3;3H2,1-2H3;1H3;3*1H;/q;;;;;-1;;;;+2/p-2/i;;;;1TD;;;;;. The molecule has 33 heteroatoms. The number of hydrogen-bond acceptors (Lipinski definition) is 13. The molecule has 0 bridgehead atoms. The van der Waals surface area contributed by atoms with Gasteiger partial charge in [-0.05, 0) is 200 Å². The van der Waals surface area contributed by atoms with Crippen LogP contribution in [-0.2, 0) is 68.0 Å². The van der Waals surface area contributed by atoms with Crippen LogP contribution in [-0.4, -0.2) is 135 Å². The number of nitrogens with one attached hydrogen (secondary N) is 1. The number of rotatable bonds is 23. The van der Waals surface area contributed by atoms with Crippen LogP contribution in [0, 0.1) is 49.0 Å². The molecule has 0 aliphatic heterocycles. The Labute approximate surface area is 706 Å². The molecule has 0 fully saturated rings. The first-order valence-corrected chi connectivity index (χ1v) is 45.5. The Morgan fingerprint density at radius 2 is 0.868 bits per heavy atom. The number of fused-ring (bicyclic) bond motifs is 3. The van der Waals surface area contributed by atoms with Crippen molar-refractivity contribution in [2.24, 2.45) is 0 Å². The number of aliphatic hydroxyl groups is 1. The summed E-state index contributed by atoms with van der Waals surface area (Å²) in [4.78, 5) is 88.6. The first kappa shape index (κ1) is 98.9. The van der Waals surface area contributed by atoms with Crippen LogP contribution in [0.2, 0.25) is 15.1 Å². The molecule has 9 aromatic rings. The van der Waals surface area contributed by atoms with Crippen molar-refractivity contribution in [2.45, 2.75) is 157 Å². The van der Waals surface area contributed by atoms with Gasteiger partial charge in [0.1, 0.15) is 18.8 Å². The molecule has 6 aromatic carbocycles. The summed E-state index contributed by atoms with van der Waals surface area (Å²) >= 11 is 22.9. The van der Waals surface area contributed by atoms with Gasteiger partial charge in [-0.3, -0.25) is 42.5 Å².